The molecule has 1 fully saturated rings. The molecule has 2 amide bonds. The molecule has 2 aliphatic rings. The van der Waals surface area contributed by atoms with Gasteiger partial charge >= 0.3 is 0 Å². The fraction of sp³-hybridized carbons (Fsp3) is 0.429. The Balaban J connectivity index is 1.44. The molecule has 0 unspecified atom stereocenters. The van der Waals surface area contributed by atoms with E-state index < -0.39 is 0 Å². The van der Waals surface area contributed by atoms with Crippen LogP contribution in [-0.2, 0) is 27.3 Å². The van der Waals surface area contributed by atoms with Gasteiger partial charge in [-0.1, -0.05) is 18.2 Å². The van der Waals surface area contributed by atoms with Gasteiger partial charge in [0.15, 0.2) is 0 Å². The summed E-state index contributed by atoms with van der Waals surface area (Å²) in [7, 11) is 0. The number of fused-ring (bicyclic) bond motifs is 1. The van der Waals surface area contributed by atoms with Gasteiger partial charge in [0.25, 0.3) is 5.56 Å². The third kappa shape index (κ3) is 4.35. The summed E-state index contributed by atoms with van der Waals surface area (Å²) >= 11 is 0. The van der Waals surface area contributed by atoms with E-state index in [0.717, 1.165) is 11.3 Å². The summed E-state index contributed by atoms with van der Waals surface area (Å²) in [6.07, 6.45) is 0.411. The van der Waals surface area contributed by atoms with Crippen molar-refractivity contribution in [2.24, 2.45) is 0 Å². The number of rotatable bonds is 4. The third-order valence-corrected chi connectivity index (χ3v) is 5.45. The van der Waals surface area contributed by atoms with E-state index >= 15 is 0 Å². The zero-order valence-corrected chi connectivity index (χ0v) is 16.9. The van der Waals surface area contributed by atoms with Crippen molar-refractivity contribution in [2.75, 3.05) is 43.1 Å². The number of ether oxygens (including phenoxy) is 1. The Labute approximate surface area is 174 Å². The van der Waals surface area contributed by atoms with Crippen molar-refractivity contribution < 1.29 is 14.3 Å². The number of aromatic nitrogens is 2. The standard InChI is InChI=1S/C21H25N5O4/c1-14-16(20(29)24-21(22-14)25-8-10-30-11-9-25)6-7-19(28)26-12-15-4-2-3-5-17(15)23-18(27)13-26/h2-5H,6-13H2,1H3,(H,23,27)(H,22,24,29). The Morgan fingerprint density at radius 1 is 1.17 bits per heavy atom. The maximum absolute atomic E-state index is 12.8. The van der Waals surface area contributed by atoms with Gasteiger partial charge in [0.05, 0.1) is 13.2 Å². The van der Waals surface area contributed by atoms with Crippen LogP contribution in [0.15, 0.2) is 29.1 Å². The molecule has 1 aromatic heterocycles. The van der Waals surface area contributed by atoms with Gasteiger partial charge in [0.1, 0.15) is 6.54 Å². The van der Waals surface area contributed by atoms with Crippen LogP contribution in [0.25, 0.3) is 0 Å². The number of anilines is 2. The lowest BCUT2D eigenvalue weighted by molar-refractivity contribution is -0.135. The number of carbonyl (C=O) groups excluding carboxylic acids is 2. The lowest BCUT2D eigenvalue weighted by Crippen LogP contribution is -2.39. The molecule has 1 saturated heterocycles. The van der Waals surface area contributed by atoms with Crippen molar-refractivity contribution in [1.82, 2.24) is 14.9 Å². The van der Waals surface area contributed by atoms with Crippen molar-refractivity contribution in [3.63, 3.8) is 0 Å². The van der Waals surface area contributed by atoms with E-state index in [9.17, 15) is 14.4 Å². The number of aryl methyl sites for hydroxylation is 1. The van der Waals surface area contributed by atoms with Crippen LogP contribution in [0.4, 0.5) is 11.6 Å². The fourth-order valence-corrected chi connectivity index (χ4v) is 3.79. The molecule has 158 valence electrons. The summed E-state index contributed by atoms with van der Waals surface area (Å²) in [4.78, 5) is 48.5. The molecule has 2 aliphatic heterocycles. The SMILES string of the molecule is Cc1nc(N2CCOCC2)[nH]c(=O)c1CCC(=O)N1CC(=O)Nc2ccccc2C1. The summed E-state index contributed by atoms with van der Waals surface area (Å²) < 4.78 is 5.33. The first-order valence-electron chi connectivity index (χ1n) is 10.1. The van der Waals surface area contributed by atoms with E-state index in [1.54, 1.807) is 6.92 Å². The van der Waals surface area contributed by atoms with Gasteiger partial charge in [-0.05, 0) is 25.0 Å². The second-order valence-corrected chi connectivity index (χ2v) is 7.51. The number of amides is 2. The molecule has 9 heteroatoms. The second-order valence-electron chi connectivity index (χ2n) is 7.51. The molecule has 0 bridgehead atoms. The summed E-state index contributed by atoms with van der Waals surface area (Å²) in [5.41, 5.74) is 2.51. The highest BCUT2D eigenvalue weighted by Crippen LogP contribution is 2.21. The van der Waals surface area contributed by atoms with Crippen LogP contribution in [0.3, 0.4) is 0 Å². The number of nitrogens with one attached hydrogen (secondary N) is 2. The Kier molecular flexibility index (Phi) is 5.80. The van der Waals surface area contributed by atoms with E-state index in [1.165, 1.54) is 4.90 Å². The van der Waals surface area contributed by atoms with Gasteiger partial charge in [-0.3, -0.25) is 19.4 Å². The summed E-state index contributed by atoms with van der Waals surface area (Å²) in [5.74, 6) is 0.147. The zero-order valence-electron chi connectivity index (χ0n) is 16.9. The third-order valence-electron chi connectivity index (χ3n) is 5.45. The zero-order chi connectivity index (χ0) is 21.1. The van der Waals surface area contributed by atoms with Crippen molar-refractivity contribution in [3.8, 4) is 0 Å². The number of benzene rings is 1. The predicted octanol–water partition coefficient (Wildman–Crippen LogP) is 0.828. The number of para-hydroxylation sites is 1. The Morgan fingerprint density at radius 2 is 1.93 bits per heavy atom. The number of hydrogen-bond donors (Lipinski definition) is 2. The molecule has 1 aromatic carbocycles. The Hall–Kier alpha value is -3.20. The topological polar surface area (TPSA) is 108 Å². The minimum atomic E-state index is -0.226. The minimum Gasteiger partial charge on any atom is -0.378 e. The lowest BCUT2D eigenvalue weighted by atomic mass is 10.1. The van der Waals surface area contributed by atoms with Crippen LogP contribution < -0.4 is 15.8 Å². The van der Waals surface area contributed by atoms with Gasteiger partial charge in [-0.15, -0.1) is 0 Å². The number of hydrogen-bond acceptors (Lipinski definition) is 6. The van der Waals surface area contributed by atoms with Crippen LogP contribution in [-0.4, -0.2) is 59.5 Å². The lowest BCUT2D eigenvalue weighted by Gasteiger charge is -2.27. The molecular weight excluding hydrogens is 386 g/mol. The van der Waals surface area contributed by atoms with Gasteiger partial charge in [0.2, 0.25) is 17.8 Å². The van der Waals surface area contributed by atoms with Crippen LogP contribution in [0.2, 0.25) is 0 Å². The maximum atomic E-state index is 12.8. The molecule has 0 aliphatic carbocycles. The quantitative estimate of drug-likeness (QED) is 0.772. The number of aromatic amines is 1. The molecule has 0 saturated carbocycles. The van der Waals surface area contributed by atoms with Gasteiger partial charge < -0.3 is 19.9 Å². The van der Waals surface area contributed by atoms with Crippen LogP contribution in [0, 0.1) is 6.92 Å². The highest BCUT2D eigenvalue weighted by atomic mass is 16.5. The van der Waals surface area contributed by atoms with Crippen molar-refractivity contribution in [2.45, 2.75) is 26.3 Å². The van der Waals surface area contributed by atoms with E-state index in [0.29, 0.717) is 50.1 Å². The molecule has 2 N–H and O–H groups in total. The minimum absolute atomic E-state index is 0.00291. The first-order valence-corrected chi connectivity index (χ1v) is 10.1. The van der Waals surface area contributed by atoms with Crippen molar-refractivity contribution in [1.29, 1.82) is 0 Å². The molecule has 0 atom stereocenters. The van der Waals surface area contributed by atoms with Gasteiger partial charge in [0, 0.05) is 43.0 Å². The molecule has 0 spiro atoms. The maximum Gasteiger partial charge on any atom is 0.255 e. The summed E-state index contributed by atoms with van der Waals surface area (Å²) in [6, 6.07) is 7.44. The number of H-pyrrole nitrogens is 1. The molecule has 3 heterocycles. The van der Waals surface area contributed by atoms with Gasteiger partial charge in [-0.25, -0.2) is 4.98 Å². The average Bonchev–Trinajstić information content (AvgIpc) is 2.91. The first kappa shape index (κ1) is 20.1. The second kappa shape index (κ2) is 8.66. The van der Waals surface area contributed by atoms with E-state index in [-0.39, 0.29) is 36.8 Å². The van der Waals surface area contributed by atoms with Crippen LogP contribution >= 0.6 is 0 Å². The van der Waals surface area contributed by atoms with Crippen LogP contribution in [0.5, 0.6) is 0 Å². The summed E-state index contributed by atoms with van der Waals surface area (Å²) in [6.45, 7) is 4.71. The molecule has 0 radical (unpaired) electrons. The predicted molar refractivity (Wildman–Crippen MR) is 111 cm³/mol. The molecule has 30 heavy (non-hydrogen) atoms. The van der Waals surface area contributed by atoms with Crippen molar-refractivity contribution >= 4 is 23.5 Å². The van der Waals surface area contributed by atoms with Crippen molar-refractivity contribution in [3.05, 3.63) is 51.4 Å². The van der Waals surface area contributed by atoms with Crippen LogP contribution in [0.1, 0.15) is 23.2 Å². The normalized spacial score (nSPS) is 16.6. The Morgan fingerprint density at radius 3 is 2.70 bits per heavy atom. The highest BCUT2D eigenvalue weighted by Gasteiger charge is 2.23. The van der Waals surface area contributed by atoms with E-state index in [4.69, 9.17) is 4.74 Å². The average molecular weight is 411 g/mol. The first-order chi connectivity index (χ1) is 14.5. The summed E-state index contributed by atoms with van der Waals surface area (Å²) in [5, 5.41) is 2.83. The molecule has 4 rings (SSSR count). The molecule has 9 nitrogen and oxygen atoms in total. The highest BCUT2D eigenvalue weighted by molar-refractivity contribution is 5.96. The van der Waals surface area contributed by atoms with E-state index in [1.807, 2.05) is 29.2 Å². The Bertz CT molecular complexity index is 1010. The van der Waals surface area contributed by atoms with E-state index in [2.05, 4.69) is 15.3 Å². The fourth-order valence-electron chi connectivity index (χ4n) is 3.79. The van der Waals surface area contributed by atoms with Gasteiger partial charge in [-0.2, -0.15) is 0 Å². The largest absolute Gasteiger partial charge is 0.378 e. The number of morpholine rings is 1. The monoisotopic (exact) mass is 411 g/mol. The molecular formula is C21H25N5O4. The smallest absolute Gasteiger partial charge is 0.255 e. The number of nitrogens with zero attached hydrogens (tertiary/aromatic N) is 3. The number of carbonyl (C=O) groups is 2. The molecule has 2 aromatic rings.